The molecular weight excluding hydrogens is 491 g/mol. The largest absolute Gasteiger partial charge is 0.476 e. The maximum atomic E-state index is 13.6. The zero-order valence-corrected chi connectivity index (χ0v) is 20.3. The van der Waals surface area contributed by atoms with Gasteiger partial charge in [0.1, 0.15) is 11.2 Å². The van der Waals surface area contributed by atoms with E-state index in [9.17, 15) is 23.1 Å². The minimum absolute atomic E-state index is 0.0988. The molecule has 0 aromatic carbocycles. The first-order valence-electron chi connectivity index (χ1n) is 11.3. The highest BCUT2D eigenvalue weighted by Gasteiger charge is 2.42. The van der Waals surface area contributed by atoms with Crippen molar-refractivity contribution in [1.82, 2.24) is 29.3 Å². The number of ether oxygens (including phenoxy) is 1. The number of aryl methyl sites for hydroxylation is 1. The molecule has 0 saturated heterocycles. The summed E-state index contributed by atoms with van der Waals surface area (Å²) in [6.07, 6.45) is 1.47. The fourth-order valence-electron chi connectivity index (χ4n) is 4.06. The molecule has 0 saturated carbocycles. The predicted molar refractivity (Wildman–Crippen MR) is 125 cm³/mol. The van der Waals surface area contributed by atoms with Crippen molar-refractivity contribution in [2.24, 2.45) is 0 Å². The van der Waals surface area contributed by atoms with Gasteiger partial charge in [0.15, 0.2) is 29.1 Å². The number of anilines is 1. The van der Waals surface area contributed by atoms with E-state index in [1.807, 2.05) is 0 Å². The molecule has 0 spiro atoms. The van der Waals surface area contributed by atoms with Crippen molar-refractivity contribution in [3.63, 3.8) is 0 Å². The fraction of sp³-hybridized carbons (Fsp3) is 0.333. The number of hydrogen-bond acceptors (Lipinski definition) is 8. The van der Waals surface area contributed by atoms with Gasteiger partial charge in [0.25, 0.3) is 5.91 Å². The first-order valence-corrected chi connectivity index (χ1v) is 11.3. The number of amides is 1. The van der Waals surface area contributed by atoms with Crippen LogP contribution in [-0.4, -0.2) is 46.4 Å². The summed E-state index contributed by atoms with van der Waals surface area (Å²) in [7, 11) is 0. The van der Waals surface area contributed by atoms with Crippen LogP contribution in [0.15, 0.2) is 37.1 Å². The van der Waals surface area contributed by atoms with Crippen LogP contribution in [0.3, 0.4) is 0 Å². The van der Waals surface area contributed by atoms with Gasteiger partial charge in [-0.3, -0.25) is 19.1 Å². The SMILES string of the molecule is Cc1nc2cnc(-c3cnc(C(C)(C)O)nc3)cn2c1CN1C(=O)[C@@H](C)Oc2c(C(F)(F)F)ccnc21. The summed E-state index contributed by atoms with van der Waals surface area (Å²) >= 11 is 0. The normalized spacial score (nSPS) is 16.2. The van der Waals surface area contributed by atoms with E-state index in [1.165, 1.54) is 30.4 Å². The van der Waals surface area contributed by atoms with E-state index in [4.69, 9.17) is 4.74 Å². The number of imidazole rings is 1. The number of nitrogens with zero attached hydrogens (tertiary/aromatic N) is 7. The Bertz CT molecular complexity index is 1510. The van der Waals surface area contributed by atoms with Crippen LogP contribution in [0.1, 0.15) is 43.5 Å². The summed E-state index contributed by atoms with van der Waals surface area (Å²) in [5.41, 5.74) is 0.461. The molecule has 5 heterocycles. The third-order valence-electron chi connectivity index (χ3n) is 5.97. The maximum absolute atomic E-state index is 13.6. The molecule has 0 radical (unpaired) electrons. The van der Waals surface area contributed by atoms with Crippen LogP contribution in [0.2, 0.25) is 0 Å². The van der Waals surface area contributed by atoms with E-state index in [2.05, 4.69) is 24.9 Å². The van der Waals surface area contributed by atoms with Gasteiger partial charge in [-0.05, 0) is 33.8 Å². The number of halogens is 3. The Hall–Kier alpha value is -4.13. The van der Waals surface area contributed by atoms with E-state index < -0.39 is 35.1 Å². The number of rotatable bonds is 4. The molecule has 1 aliphatic rings. The van der Waals surface area contributed by atoms with E-state index in [0.717, 1.165) is 12.3 Å². The molecule has 1 atom stereocenters. The third-order valence-corrected chi connectivity index (χ3v) is 5.97. The maximum Gasteiger partial charge on any atom is 0.420 e. The van der Waals surface area contributed by atoms with Crippen LogP contribution in [0.25, 0.3) is 16.9 Å². The Kier molecular flexibility index (Phi) is 5.62. The molecule has 0 fully saturated rings. The van der Waals surface area contributed by atoms with Gasteiger partial charge in [-0.15, -0.1) is 0 Å². The van der Waals surface area contributed by atoms with Crippen LogP contribution in [0.5, 0.6) is 5.75 Å². The van der Waals surface area contributed by atoms with Crippen molar-refractivity contribution in [3.8, 4) is 17.0 Å². The topological polar surface area (TPSA) is 119 Å². The van der Waals surface area contributed by atoms with Crippen LogP contribution in [0.4, 0.5) is 19.0 Å². The highest BCUT2D eigenvalue weighted by molar-refractivity contribution is 5.99. The van der Waals surface area contributed by atoms with Gasteiger partial charge in [-0.1, -0.05) is 0 Å². The van der Waals surface area contributed by atoms with Gasteiger partial charge in [0.2, 0.25) is 0 Å². The number of fused-ring (bicyclic) bond motifs is 2. The lowest BCUT2D eigenvalue weighted by Crippen LogP contribution is -2.45. The molecule has 5 rings (SSSR count). The third kappa shape index (κ3) is 4.35. The molecule has 13 heteroatoms. The average molecular weight is 513 g/mol. The Morgan fingerprint density at radius 2 is 1.81 bits per heavy atom. The van der Waals surface area contributed by atoms with Crippen molar-refractivity contribution in [2.45, 2.75) is 52.1 Å². The molecule has 1 aliphatic heterocycles. The van der Waals surface area contributed by atoms with Crippen LogP contribution in [0, 0.1) is 6.92 Å². The summed E-state index contributed by atoms with van der Waals surface area (Å²) in [6.45, 7) is 6.18. The molecule has 37 heavy (non-hydrogen) atoms. The average Bonchev–Trinajstić information content (AvgIpc) is 3.14. The van der Waals surface area contributed by atoms with Crippen molar-refractivity contribution in [3.05, 3.63) is 59.8 Å². The molecule has 1 N–H and O–H groups in total. The van der Waals surface area contributed by atoms with E-state index in [-0.39, 0.29) is 18.2 Å². The zero-order chi connectivity index (χ0) is 26.7. The highest BCUT2D eigenvalue weighted by Crippen LogP contribution is 2.43. The fourth-order valence-corrected chi connectivity index (χ4v) is 4.06. The van der Waals surface area contributed by atoms with Crippen molar-refractivity contribution < 1.29 is 27.8 Å². The number of carbonyl (C=O) groups excluding carboxylic acids is 1. The first-order chi connectivity index (χ1) is 17.3. The number of pyridine rings is 1. The van der Waals surface area contributed by atoms with Gasteiger partial charge in [-0.2, -0.15) is 13.2 Å². The molecular formula is C24H22F3N7O3. The summed E-state index contributed by atoms with van der Waals surface area (Å²) in [4.78, 5) is 35.5. The summed E-state index contributed by atoms with van der Waals surface area (Å²) in [5, 5.41) is 10.1. The molecule has 192 valence electrons. The van der Waals surface area contributed by atoms with Crippen LogP contribution in [-0.2, 0) is 23.1 Å². The summed E-state index contributed by atoms with van der Waals surface area (Å²) < 4.78 is 47.9. The predicted octanol–water partition coefficient (Wildman–Crippen LogP) is 3.45. The summed E-state index contributed by atoms with van der Waals surface area (Å²) in [6, 6.07) is 0.822. The lowest BCUT2D eigenvalue weighted by atomic mass is 10.1. The van der Waals surface area contributed by atoms with Crippen molar-refractivity contribution in [1.29, 1.82) is 0 Å². The molecule has 0 aliphatic carbocycles. The smallest absolute Gasteiger partial charge is 0.420 e. The highest BCUT2D eigenvalue weighted by atomic mass is 19.4. The Morgan fingerprint density at radius 3 is 2.46 bits per heavy atom. The minimum Gasteiger partial charge on any atom is -0.476 e. The molecule has 0 bridgehead atoms. The molecule has 4 aromatic rings. The summed E-state index contributed by atoms with van der Waals surface area (Å²) in [5.74, 6) is -0.975. The quantitative estimate of drug-likeness (QED) is 0.441. The second kappa shape index (κ2) is 8.47. The minimum atomic E-state index is -4.68. The number of aliphatic hydroxyl groups is 1. The van der Waals surface area contributed by atoms with Gasteiger partial charge < -0.3 is 9.84 Å². The van der Waals surface area contributed by atoms with Crippen molar-refractivity contribution in [2.75, 3.05) is 4.90 Å². The van der Waals surface area contributed by atoms with Crippen LogP contribution < -0.4 is 9.64 Å². The Labute approximate surface area is 208 Å². The lowest BCUT2D eigenvalue weighted by Gasteiger charge is -2.33. The Balaban J connectivity index is 1.57. The van der Waals surface area contributed by atoms with Gasteiger partial charge in [0, 0.05) is 30.4 Å². The number of alkyl halides is 3. The van der Waals surface area contributed by atoms with Gasteiger partial charge in [-0.25, -0.2) is 19.9 Å². The number of hydrogen-bond donors (Lipinski definition) is 1. The van der Waals surface area contributed by atoms with E-state index >= 15 is 0 Å². The molecule has 1 amide bonds. The number of aromatic nitrogens is 6. The monoisotopic (exact) mass is 513 g/mol. The Morgan fingerprint density at radius 1 is 1.11 bits per heavy atom. The second-order valence-electron chi connectivity index (χ2n) is 9.19. The zero-order valence-electron chi connectivity index (χ0n) is 20.3. The van der Waals surface area contributed by atoms with Crippen LogP contribution >= 0.6 is 0 Å². The van der Waals surface area contributed by atoms with Gasteiger partial charge in [0.05, 0.1) is 29.8 Å². The van der Waals surface area contributed by atoms with E-state index in [1.54, 1.807) is 31.4 Å². The second-order valence-corrected chi connectivity index (χ2v) is 9.19. The number of carbonyl (C=O) groups is 1. The van der Waals surface area contributed by atoms with Gasteiger partial charge >= 0.3 is 6.18 Å². The van der Waals surface area contributed by atoms with Crippen molar-refractivity contribution >= 4 is 17.4 Å². The lowest BCUT2D eigenvalue weighted by molar-refractivity contribution is -0.141. The molecule has 0 unspecified atom stereocenters. The molecule has 4 aromatic heterocycles. The molecule has 10 nitrogen and oxygen atoms in total. The van der Waals surface area contributed by atoms with E-state index in [0.29, 0.717) is 28.3 Å². The first kappa shape index (κ1) is 24.6. The standard InChI is InChI=1S/C24H22F3N7O3/c1-12-17(11-34-20-19(37-13(2)21(34)35)15(5-6-28-20)24(25,26)27)33-10-16(29-9-18(33)32-12)14-7-30-22(31-8-14)23(3,4)36/h5-10,13,36H,11H2,1-4H3/t13-/m1/s1.